The van der Waals surface area contributed by atoms with Crippen molar-refractivity contribution in [3.8, 4) is 11.4 Å². The zero-order valence-corrected chi connectivity index (χ0v) is 18.9. The molecule has 4 heterocycles. The zero-order chi connectivity index (χ0) is 22.1. The summed E-state index contributed by atoms with van der Waals surface area (Å²) in [5, 5.41) is 8.59. The number of carbonyl (C=O) groups excluding carboxylic acids is 2. The van der Waals surface area contributed by atoms with Crippen molar-refractivity contribution >= 4 is 40.4 Å². The Labute approximate surface area is 194 Å². The number of benzene rings is 1. The Kier molecular flexibility index (Phi) is 5.95. The molecule has 0 bridgehead atoms. The molecular weight excluding hydrogens is 450 g/mol. The molecule has 1 atom stereocenters. The summed E-state index contributed by atoms with van der Waals surface area (Å²) in [6.07, 6.45) is 0.235. The highest BCUT2D eigenvalue weighted by Gasteiger charge is 2.38. The smallest absolute Gasteiger partial charge is 0.241 e. The quantitative estimate of drug-likeness (QED) is 0.568. The van der Waals surface area contributed by atoms with Gasteiger partial charge in [0, 0.05) is 60.8 Å². The van der Waals surface area contributed by atoms with Gasteiger partial charge in [-0.3, -0.25) is 14.5 Å². The highest BCUT2D eigenvalue weighted by atomic mass is 35.5. The fourth-order valence-electron chi connectivity index (χ4n) is 4.17. The van der Waals surface area contributed by atoms with Gasteiger partial charge in [0.15, 0.2) is 0 Å². The van der Waals surface area contributed by atoms with E-state index in [2.05, 4.69) is 15.0 Å². The van der Waals surface area contributed by atoms with Gasteiger partial charge in [0.05, 0.1) is 12.5 Å². The largest absolute Gasteiger partial charge is 0.340 e. The van der Waals surface area contributed by atoms with Crippen LogP contribution >= 0.6 is 22.9 Å². The molecule has 0 radical (unpaired) electrons. The lowest BCUT2D eigenvalue weighted by Crippen LogP contribution is -2.50. The molecule has 2 aromatic heterocycles. The molecule has 5 rings (SSSR count). The van der Waals surface area contributed by atoms with Crippen LogP contribution in [0, 0.1) is 5.92 Å². The van der Waals surface area contributed by atoms with Gasteiger partial charge in [0.1, 0.15) is 0 Å². The number of amides is 2. The third-order valence-corrected chi connectivity index (χ3v) is 6.80. The second-order valence-electron chi connectivity index (χ2n) is 8.01. The van der Waals surface area contributed by atoms with Gasteiger partial charge in [-0.2, -0.15) is 16.3 Å². The Bertz CT molecular complexity index is 1110. The Balaban J connectivity index is 1.14. The van der Waals surface area contributed by atoms with E-state index in [4.69, 9.17) is 16.1 Å². The molecule has 1 aromatic carbocycles. The highest BCUT2D eigenvalue weighted by Crippen LogP contribution is 2.28. The van der Waals surface area contributed by atoms with Crippen molar-refractivity contribution in [3.05, 3.63) is 52.0 Å². The summed E-state index contributed by atoms with van der Waals surface area (Å²) in [7, 11) is 0. The Hall–Kier alpha value is -2.75. The van der Waals surface area contributed by atoms with E-state index in [0.29, 0.717) is 42.9 Å². The zero-order valence-electron chi connectivity index (χ0n) is 17.3. The van der Waals surface area contributed by atoms with E-state index in [1.54, 1.807) is 28.4 Å². The molecule has 0 N–H and O–H groups in total. The first-order valence-corrected chi connectivity index (χ1v) is 11.8. The molecule has 8 nitrogen and oxygen atoms in total. The van der Waals surface area contributed by atoms with Crippen LogP contribution in [0.25, 0.3) is 11.4 Å². The summed E-state index contributed by atoms with van der Waals surface area (Å²) in [6, 6.07) is 9.14. The van der Waals surface area contributed by atoms with Crippen LogP contribution in [0.15, 0.2) is 45.6 Å². The first kappa shape index (κ1) is 21.1. The van der Waals surface area contributed by atoms with E-state index in [1.165, 1.54) is 0 Å². The fraction of sp³-hybridized carbons (Fsp3) is 0.364. The molecule has 166 valence electrons. The van der Waals surface area contributed by atoms with Crippen LogP contribution in [0.4, 0.5) is 5.69 Å². The average Bonchev–Trinajstić information content (AvgIpc) is 3.55. The molecule has 2 saturated heterocycles. The third kappa shape index (κ3) is 4.41. The lowest BCUT2D eigenvalue weighted by Gasteiger charge is -2.35. The van der Waals surface area contributed by atoms with E-state index in [1.807, 2.05) is 33.9 Å². The summed E-state index contributed by atoms with van der Waals surface area (Å²) < 4.78 is 5.39. The number of thiophene rings is 1. The average molecular weight is 472 g/mol. The van der Waals surface area contributed by atoms with Crippen LogP contribution in [-0.4, -0.2) is 64.5 Å². The predicted octanol–water partition coefficient (Wildman–Crippen LogP) is 3.15. The van der Waals surface area contributed by atoms with Gasteiger partial charge in [-0.1, -0.05) is 22.8 Å². The number of rotatable bonds is 5. The van der Waals surface area contributed by atoms with E-state index in [9.17, 15) is 9.59 Å². The van der Waals surface area contributed by atoms with Crippen LogP contribution in [0.2, 0.25) is 5.02 Å². The molecule has 3 aromatic rings. The van der Waals surface area contributed by atoms with Crippen LogP contribution in [0.1, 0.15) is 12.3 Å². The second kappa shape index (κ2) is 9.01. The molecule has 0 saturated carbocycles. The minimum atomic E-state index is -0.322. The maximum atomic E-state index is 13.1. The molecule has 2 amide bonds. The van der Waals surface area contributed by atoms with E-state index in [-0.39, 0.29) is 24.2 Å². The van der Waals surface area contributed by atoms with Crippen molar-refractivity contribution in [1.29, 1.82) is 0 Å². The van der Waals surface area contributed by atoms with Gasteiger partial charge in [0.25, 0.3) is 0 Å². The van der Waals surface area contributed by atoms with Gasteiger partial charge < -0.3 is 14.3 Å². The van der Waals surface area contributed by atoms with Crippen LogP contribution in [0.5, 0.6) is 0 Å². The number of piperazine rings is 1. The number of hydrogen-bond acceptors (Lipinski definition) is 7. The standard InChI is InChI=1S/C22H22ClN5O3S/c23-17-2-1-3-18(11-17)28-12-16(10-20(28)29)22(30)27-7-5-26(6-8-27)13-19-24-21(25-31-19)15-4-9-32-14-15/h1-4,9,11,14,16H,5-8,10,12-13H2. The fourth-order valence-corrected chi connectivity index (χ4v) is 4.99. The van der Waals surface area contributed by atoms with Crippen molar-refractivity contribution in [2.24, 2.45) is 5.92 Å². The Morgan fingerprint density at radius 3 is 2.81 bits per heavy atom. The van der Waals surface area contributed by atoms with Gasteiger partial charge >= 0.3 is 0 Å². The molecular formula is C22H22ClN5O3S. The van der Waals surface area contributed by atoms with E-state index >= 15 is 0 Å². The van der Waals surface area contributed by atoms with E-state index < -0.39 is 0 Å². The molecule has 2 fully saturated rings. The number of halogens is 1. The molecule has 2 aliphatic heterocycles. The number of carbonyl (C=O) groups is 2. The predicted molar refractivity (Wildman–Crippen MR) is 121 cm³/mol. The van der Waals surface area contributed by atoms with Crippen molar-refractivity contribution < 1.29 is 14.1 Å². The van der Waals surface area contributed by atoms with Gasteiger partial charge in [-0.05, 0) is 29.6 Å². The van der Waals surface area contributed by atoms with Crippen LogP contribution in [0.3, 0.4) is 0 Å². The van der Waals surface area contributed by atoms with Gasteiger partial charge in [0.2, 0.25) is 23.5 Å². The molecule has 32 heavy (non-hydrogen) atoms. The molecule has 1 unspecified atom stereocenters. The maximum absolute atomic E-state index is 13.1. The lowest BCUT2D eigenvalue weighted by atomic mass is 10.1. The van der Waals surface area contributed by atoms with E-state index in [0.717, 1.165) is 24.3 Å². The first-order chi connectivity index (χ1) is 15.6. The summed E-state index contributed by atoms with van der Waals surface area (Å²) in [6.45, 7) is 3.63. The minimum absolute atomic E-state index is 0.0397. The SMILES string of the molecule is O=C(C1CC(=O)N(c2cccc(Cl)c2)C1)N1CCN(Cc2nc(-c3ccsc3)no2)CC1. The van der Waals surface area contributed by atoms with Crippen molar-refractivity contribution in [3.63, 3.8) is 0 Å². The minimum Gasteiger partial charge on any atom is -0.340 e. The van der Waals surface area contributed by atoms with Crippen molar-refractivity contribution in [1.82, 2.24) is 19.9 Å². The Morgan fingerprint density at radius 1 is 1.22 bits per heavy atom. The normalized spacial score (nSPS) is 19.7. The number of aromatic nitrogens is 2. The third-order valence-electron chi connectivity index (χ3n) is 5.88. The van der Waals surface area contributed by atoms with Crippen molar-refractivity contribution in [2.75, 3.05) is 37.6 Å². The topological polar surface area (TPSA) is 82.8 Å². The van der Waals surface area contributed by atoms with Crippen molar-refractivity contribution in [2.45, 2.75) is 13.0 Å². The lowest BCUT2D eigenvalue weighted by molar-refractivity contribution is -0.137. The molecule has 0 aliphatic carbocycles. The Morgan fingerprint density at radius 2 is 2.06 bits per heavy atom. The monoisotopic (exact) mass is 471 g/mol. The van der Waals surface area contributed by atoms with Crippen LogP contribution in [-0.2, 0) is 16.1 Å². The summed E-state index contributed by atoms with van der Waals surface area (Å²) in [5.41, 5.74) is 1.70. The number of nitrogens with zero attached hydrogens (tertiary/aromatic N) is 5. The van der Waals surface area contributed by atoms with Gasteiger partial charge in [-0.25, -0.2) is 0 Å². The number of anilines is 1. The summed E-state index contributed by atoms with van der Waals surface area (Å²) >= 11 is 7.65. The molecule has 10 heteroatoms. The molecule has 0 spiro atoms. The maximum Gasteiger partial charge on any atom is 0.241 e. The summed E-state index contributed by atoms with van der Waals surface area (Å²) in [5.74, 6) is 0.856. The number of hydrogen-bond donors (Lipinski definition) is 0. The van der Waals surface area contributed by atoms with Gasteiger partial charge in [-0.15, -0.1) is 0 Å². The second-order valence-corrected chi connectivity index (χ2v) is 9.23. The molecule has 2 aliphatic rings. The summed E-state index contributed by atoms with van der Waals surface area (Å²) in [4.78, 5) is 35.8. The van der Waals surface area contributed by atoms with Crippen LogP contribution < -0.4 is 4.90 Å². The highest BCUT2D eigenvalue weighted by molar-refractivity contribution is 7.08. The first-order valence-electron chi connectivity index (χ1n) is 10.5.